The van der Waals surface area contributed by atoms with Crippen LogP contribution in [0.3, 0.4) is 0 Å². The van der Waals surface area contributed by atoms with Crippen LogP contribution in [0.15, 0.2) is 36.4 Å². The lowest BCUT2D eigenvalue weighted by atomic mass is 9.85. The Morgan fingerprint density at radius 2 is 1.52 bits per heavy atom. The van der Waals surface area contributed by atoms with Gasteiger partial charge in [-0.05, 0) is 56.4 Å². The summed E-state index contributed by atoms with van der Waals surface area (Å²) >= 11 is 0. The molecule has 2 fully saturated rings. The van der Waals surface area contributed by atoms with E-state index >= 15 is 0 Å². The Morgan fingerprint density at radius 1 is 1.00 bits per heavy atom. The molecule has 25 heavy (non-hydrogen) atoms. The van der Waals surface area contributed by atoms with Gasteiger partial charge in [0.15, 0.2) is 0 Å². The minimum Gasteiger partial charge on any atom is -0.339 e. The number of hydrogen-bond donors (Lipinski definition) is 0. The van der Waals surface area contributed by atoms with E-state index in [0.717, 1.165) is 6.42 Å². The molecule has 1 heterocycles. The van der Waals surface area contributed by atoms with E-state index in [9.17, 15) is 14.4 Å². The first-order valence-electron chi connectivity index (χ1n) is 9.02. The Hall–Kier alpha value is -2.43. The molecule has 1 aromatic rings. The smallest absolute Gasteiger partial charge is 0.253 e. The number of anilines is 1. The second kappa shape index (κ2) is 5.83. The summed E-state index contributed by atoms with van der Waals surface area (Å²) in [6.45, 7) is 5.19. The molecule has 3 aliphatic rings. The zero-order chi connectivity index (χ0) is 17.7. The number of imide groups is 1. The number of rotatable bonds is 4. The number of carbonyl (C=O) groups is 3. The summed E-state index contributed by atoms with van der Waals surface area (Å²) in [7, 11) is 0. The van der Waals surface area contributed by atoms with Gasteiger partial charge in [-0.25, -0.2) is 0 Å². The first kappa shape index (κ1) is 16.1. The number of fused-ring (bicyclic) bond motifs is 5. The van der Waals surface area contributed by atoms with E-state index in [1.165, 1.54) is 4.90 Å². The van der Waals surface area contributed by atoms with Gasteiger partial charge in [0, 0.05) is 18.7 Å². The second-order valence-corrected chi connectivity index (χ2v) is 7.04. The molecule has 1 aromatic carbocycles. The third-order valence-electron chi connectivity index (χ3n) is 5.89. The molecule has 2 aliphatic carbocycles. The maximum atomic E-state index is 12.8. The minimum absolute atomic E-state index is 0.0326. The average molecular weight is 338 g/mol. The van der Waals surface area contributed by atoms with Gasteiger partial charge in [-0.1, -0.05) is 12.2 Å². The first-order valence-corrected chi connectivity index (χ1v) is 9.02. The SMILES string of the molecule is CCN(CC)C(=O)c1ccc(N2C(=O)[C@@H]3[C@@H](C2=O)[C@@H]2C=C[C@@H]3C2)cc1. The highest BCUT2D eigenvalue weighted by Crippen LogP contribution is 2.53. The third kappa shape index (κ3) is 2.25. The Morgan fingerprint density at radius 3 is 2.00 bits per heavy atom. The topological polar surface area (TPSA) is 57.7 Å². The molecule has 1 aliphatic heterocycles. The zero-order valence-corrected chi connectivity index (χ0v) is 14.5. The molecule has 0 N–H and O–H groups in total. The number of allylic oxidation sites excluding steroid dienone is 2. The fraction of sp³-hybridized carbons (Fsp3) is 0.450. The van der Waals surface area contributed by atoms with Crippen LogP contribution in [-0.2, 0) is 9.59 Å². The Bertz CT molecular complexity index is 734. The minimum atomic E-state index is -0.195. The Balaban J connectivity index is 1.58. The van der Waals surface area contributed by atoms with Crippen molar-refractivity contribution in [3.8, 4) is 0 Å². The highest BCUT2D eigenvalue weighted by molar-refractivity contribution is 6.22. The van der Waals surface area contributed by atoms with Crippen molar-refractivity contribution in [2.24, 2.45) is 23.7 Å². The molecule has 130 valence electrons. The molecule has 5 nitrogen and oxygen atoms in total. The van der Waals surface area contributed by atoms with Gasteiger partial charge in [-0.15, -0.1) is 0 Å². The highest BCUT2D eigenvalue weighted by Gasteiger charge is 2.59. The van der Waals surface area contributed by atoms with Gasteiger partial charge in [0.05, 0.1) is 17.5 Å². The summed E-state index contributed by atoms with van der Waals surface area (Å²) in [6.07, 6.45) is 5.11. The van der Waals surface area contributed by atoms with Gasteiger partial charge < -0.3 is 4.90 Å². The molecule has 4 rings (SSSR count). The average Bonchev–Trinajstić information content (AvgIpc) is 3.30. The summed E-state index contributed by atoms with van der Waals surface area (Å²) in [5.74, 6) is -0.182. The Kier molecular flexibility index (Phi) is 3.74. The Labute approximate surface area is 147 Å². The highest BCUT2D eigenvalue weighted by atomic mass is 16.2. The molecule has 5 heteroatoms. The molecular formula is C20H22N2O3. The van der Waals surface area contributed by atoms with E-state index < -0.39 is 0 Å². The van der Waals surface area contributed by atoms with E-state index in [4.69, 9.17) is 0 Å². The number of benzene rings is 1. The van der Waals surface area contributed by atoms with Crippen LogP contribution >= 0.6 is 0 Å². The fourth-order valence-electron chi connectivity index (χ4n) is 4.60. The van der Waals surface area contributed by atoms with Gasteiger partial charge >= 0.3 is 0 Å². The maximum Gasteiger partial charge on any atom is 0.253 e. The van der Waals surface area contributed by atoms with Crippen LogP contribution in [0.2, 0.25) is 0 Å². The summed E-state index contributed by atoms with van der Waals surface area (Å²) in [5.41, 5.74) is 1.15. The van der Waals surface area contributed by atoms with Crippen LogP contribution in [0.4, 0.5) is 5.69 Å². The van der Waals surface area contributed by atoms with Crippen LogP contribution in [0.25, 0.3) is 0 Å². The van der Waals surface area contributed by atoms with Gasteiger partial charge in [0.1, 0.15) is 0 Å². The summed E-state index contributed by atoms with van der Waals surface area (Å²) < 4.78 is 0. The van der Waals surface area contributed by atoms with Gasteiger partial charge in [0.25, 0.3) is 5.91 Å². The fourth-order valence-corrected chi connectivity index (χ4v) is 4.60. The lowest BCUT2D eigenvalue weighted by molar-refractivity contribution is -0.123. The molecule has 3 amide bonds. The number of nitrogens with zero attached hydrogens (tertiary/aromatic N) is 2. The lowest BCUT2D eigenvalue weighted by Crippen LogP contribution is -2.33. The largest absolute Gasteiger partial charge is 0.339 e. The summed E-state index contributed by atoms with van der Waals surface area (Å²) in [5, 5.41) is 0. The molecule has 0 radical (unpaired) electrons. The van der Waals surface area contributed by atoms with Crippen LogP contribution in [-0.4, -0.2) is 35.7 Å². The van der Waals surface area contributed by atoms with Crippen LogP contribution < -0.4 is 4.90 Å². The number of hydrogen-bond acceptors (Lipinski definition) is 3. The van der Waals surface area contributed by atoms with Crippen molar-refractivity contribution in [2.75, 3.05) is 18.0 Å². The van der Waals surface area contributed by atoms with E-state index in [2.05, 4.69) is 12.2 Å². The lowest BCUT2D eigenvalue weighted by Gasteiger charge is -2.20. The van der Waals surface area contributed by atoms with Crippen LogP contribution in [0, 0.1) is 23.7 Å². The third-order valence-corrected chi connectivity index (χ3v) is 5.89. The van der Waals surface area contributed by atoms with Crippen molar-refractivity contribution < 1.29 is 14.4 Å². The van der Waals surface area contributed by atoms with Crippen molar-refractivity contribution >= 4 is 23.4 Å². The monoisotopic (exact) mass is 338 g/mol. The standard InChI is InChI=1S/C20H22N2O3/c1-3-21(4-2)18(23)12-7-9-15(10-8-12)22-19(24)16-13-5-6-14(11-13)17(16)20(22)25/h5-10,13-14,16-17H,3-4,11H2,1-2H3/t13-,14-,16+,17+/m1/s1. The summed E-state index contributed by atoms with van der Waals surface area (Å²) in [4.78, 5) is 41.1. The van der Waals surface area contributed by atoms with Crippen LogP contribution in [0.5, 0.6) is 0 Å². The summed E-state index contributed by atoms with van der Waals surface area (Å²) in [6, 6.07) is 6.83. The molecular weight excluding hydrogens is 316 g/mol. The predicted molar refractivity (Wildman–Crippen MR) is 93.9 cm³/mol. The van der Waals surface area contributed by atoms with Crippen molar-refractivity contribution in [1.29, 1.82) is 0 Å². The second-order valence-electron chi connectivity index (χ2n) is 7.04. The van der Waals surface area contributed by atoms with E-state index in [1.807, 2.05) is 13.8 Å². The molecule has 4 atom stereocenters. The molecule has 1 saturated carbocycles. The van der Waals surface area contributed by atoms with Crippen molar-refractivity contribution in [3.63, 3.8) is 0 Å². The quantitative estimate of drug-likeness (QED) is 0.626. The first-order chi connectivity index (χ1) is 12.1. The van der Waals surface area contributed by atoms with E-state index in [0.29, 0.717) is 24.3 Å². The van der Waals surface area contributed by atoms with Crippen molar-refractivity contribution in [3.05, 3.63) is 42.0 Å². The predicted octanol–water partition coefficient (Wildman–Crippen LogP) is 2.48. The molecule has 0 unspecified atom stereocenters. The zero-order valence-electron chi connectivity index (χ0n) is 14.5. The number of carbonyl (C=O) groups excluding carboxylic acids is 3. The van der Waals surface area contributed by atoms with Gasteiger partial charge in [0.2, 0.25) is 11.8 Å². The van der Waals surface area contributed by atoms with Gasteiger partial charge in [-0.2, -0.15) is 0 Å². The normalized spacial score (nSPS) is 29.4. The van der Waals surface area contributed by atoms with E-state index in [1.54, 1.807) is 29.2 Å². The van der Waals surface area contributed by atoms with Crippen LogP contribution in [0.1, 0.15) is 30.6 Å². The molecule has 2 bridgehead atoms. The van der Waals surface area contributed by atoms with Crippen molar-refractivity contribution in [2.45, 2.75) is 20.3 Å². The van der Waals surface area contributed by atoms with Crippen molar-refractivity contribution in [1.82, 2.24) is 4.90 Å². The number of amides is 3. The molecule has 0 spiro atoms. The van der Waals surface area contributed by atoms with Gasteiger partial charge in [-0.3, -0.25) is 19.3 Å². The van der Waals surface area contributed by atoms with E-state index in [-0.39, 0.29) is 41.4 Å². The molecule has 0 aromatic heterocycles. The molecule has 1 saturated heterocycles. The maximum absolute atomic E-state index is 12.8.